The van der Waals surface area contributed by atoms with E-state index >= 15 is 0 Å². The number of carbonyl (C=O) groups is 1. The lowest BCUT2D eigenvalue weighted by Gasteiger charge is -2.13. The minimum atomic E-state index is -0.504. The quantitative estimate of drug-likeness (QED) is 0.905. The van der Waals surface area contributed by atoms with Crippen molar-refractivity contribution in [3.8, 4) is 5.69 Å². The van der Waals surface area contributed by atoms with Crippen LogP contribution in [0.25, 0.3) is 5.69 Å². The number of rotatable bonds is 4. The molecule has 0 aliphatic rings. The van der Waals surface area contributed by atoms with Gasteiger partial charge < -0.3 is 11.1 Å². The molecule has 2 rings (SSSR count). The summed E-state index contributed by atoms with van der Waals surface area (Å²) in [6.45, 7) is 6.08. The first kappa shape index (κ1) is 17.2. The number of nitrogens with zero attached hydrogens (tertiary/aromatic N) is 2. The molecule has 0 unspecified atom stereocenters. The number of carbonyl (C=O) groups excluding carboxylic acids is 1. The van der Waals surface area contributed by atoms with Crippen LogP contribution in [0.5, 0.6) is 0 Å². The fraction of sp³-hybridized carbons (Fsp3) is 0.333. The Hall–Kier alpha value is -1.85. The molecule has 1 aromatic carbocycles. The molecule has 0 spiro atoms. The average molecular weight is 309 g/mol. The summed E-state index contributed by atoms with van der Waals surface area (Å²) in [7, 11) is 0. The number of hydrogen-bond acceptors (Lipinski definition) is 3. The molecule has 1 heterocycles. The maximum atomic E-state index is 11.6. The van der Waals surface area contributed by atoms with Gasteiger partial charge in [-0.25, -0.2) is 4.68 Å². The monoisotopic (exact) mass is 308 g/mol. The molecule has 2 aromatic rings. The van der Waals surface area contributed by atoms with Gasteiger partial charge in [-0.15, -0.1) is 12.4 Å². The summed E-state index contributed by atoms with van der Waals surface area (Å²) in [5.41, 5.74) is 9.56. The highest BCUT2D eigenvalue weighted by Crippen LogP contribution is 2.16. The van der Waals surface area contributed by atoms with Gasteiger partial charge >= 0.3 is 0 Å². The summed E-state index contributed by atoms with van der Waals surface area (Å²) < 4.78 is 1.89. The van der Waals surface area contributed by atoms with E-state index in [9.17, 15) is 4.79 Å². The highest BCUT2D eigenvalue weighted by Gasteiger charge is 2.11. The Labute approximate surface area is 130 Å². The standard InChI is InChI=1S/C15H20N4O.ClH/c1-10-8-11(2)19(18-10)14-7-5-4-6-13(14)9-17-15(20)12(3)16;/h4-8,12H,9,16H2,1-3H3,(H,17,20);1H/t12-;/m1./s1. The number of nitrogens with one attached hydrogen (secondary N) is 1. The first-order chi connectivity index (χ1) is 9.49. The molecule has 0 saturated heterocycles. The average Bonchev–Trinajstić information content (AvgIpc) is 2.75. The minimum Gasteiger partial charge on any atom is -0.351 e. The molecule has 1 atom stereocenters. The Kier molecular flexibility index (Phi) is 5.93. The number of para-hydroxylation sites is 1. The normalized spacial score (nSPS) is 11.6. The van der Waals surface area contributed by atoms with Gasteiger partial charge in [0.25, 0.3) is 0 Å². The summed E-state index contributed by atoms with van der Waals surface area (Å²) in [6, 6.07) is 9.40. The van der Waals surface area contributed by atoms with Crippen LogP contribution in [0.3, 0.4) is 0 Å². The van der Waals surface area contributed by atoms with E-state index in [1.54, 1.807) is 6.92 Å². The van der Waals surface area contributed by atoms with Gasteiger partial charge in [0.05, 0.1) is 17.4 Å². The molecule has 3 N–H and O–H groups in total. The van der Waals surface area contributed by atoms with Crippen LogP contribution in [0.15, 0.2) is 30.3 Å². The van der Waals surface area contributed by atoms with Crippen molar-refractivity contribution >= 4 is 18.3 Å². The third kappa shape index (κ3) is 4.06. The molecule has 0 bridgehead atoms. The van der Waals surface area contributed by atoms with Crippen molar-refractivity contribution in [1.29, 1.82) is 0 Å². The van der Waals surface area contributed by atoms with Crippen molar-refractivity contribution in [3.63, 3.8) is 0 Å². The number of halogens is 1. The summed E-state index contributed by atoms with van der Waals surface area (Å²) in [4.78, 5) is 11.6. The van der Waals surface area contributed by atoms with Crippen LogP contribution >= 0.6 is 12.4 Å². The Morgan fingerprint density at radius 2 is 2.05 bits per heavy atom. The summed E-state index contributed by atoms with van der Waals surface area (Å²) >= 11 is 0. The summed E-state index contributed by atoms with van der Waals surface area (Å²) in [5, 5.41) is 7.31. The highest BCUT2D eigenvalue weighted by molar-refractivity contribution is 5.85. The second-order valence-electron chi connectivity index (χ2n) is 4.97. The molecule has 1 aromatic heterocycles. The molecule has 21 heavy (non-hydrogen) atoms. The Morgan fingerprint density at radius 1 is 1.38 bits per heavy atom. The van der Waals surface area contributed by atoms with E-state index < -0.39 is 6.04 Å². The van der Waals surface area contributed by atoms with Crippen LogP contribution in [0, 0.1) is 13.8 Å². The maximum absolute atomic E-state index is 11.6. The molecule has 6 heteroatoms. The molecule has 0 radical (unpaired) electrons. The third-order valence-electron chi connectivity index (χ3n) is 3.10. The van der Waals surface area contributed by atoms with E-state index in [1.165, 1.54) is 0 Å². The second kappa shape index (κ2) is 7.24. The summed E-state index contributed by atoms with van der Waals surface area (Å²) in [5.74, 6) is -0.159. The van der Waals surface area contributed by atoms with E-state index in [-0.39, 0.29) is 18.3 Å². The molecule has 0 fully saturated rings. The first-order valence-electron chi connectivity index (χ1n) is 6.64. The van der Waals surface area contributed by atoms with E-state index in [1.807, 2.05) is 48.9 Å². The highest BCUT2D eigenvalue weighted by atomic mass is 35.5. The Morgan fingerprint density at radius 3 is 2.62 bits per heavy atom. The fourth-order valence-electron chi connectivity index (χ4n) is 2.08. The first-order valence-corrected chi connectivity index (χ1v) is 6.64. The van der Waals surface area contributed by atoms with Gasteiger partial charge in [0.2, 0.25) is 5.91 Å². The SMILES string of the molecule is Cc1cc(C)n(-c2ccccc2CNC(=O)[C@@H](C)N)n1.Cl. The predicted molar refractivity (Wildman–Crippen MR) is 85.8 cm³/mol. The van der Waals surface area contributed by atoms with Crippen LogP contribution in [-0.2, 0) is 11.3 Å². The third-order valence-corrected chi connectivity index (χ3v) is 3.10. The van der Waals surface area contributed by atoms with Gasteiger partial charge in [-0.1, -0.05) is 18.2 Å². The molecular formula is C15H21ClN4O. The minimum absolute atomic E-state index is 0. The zero-order chi connectivity index (χ0) is 14.7. The van der Waals surface area contributed by atoms with Crippen molar-refractivity contribution in [1.82, 2.24) is 15.1 Å². The number of hydrogen-bond donors (Lipinski definition) is 2. The molecule has 0 saturated carbocycles. The lowest BCUT2D eigenvalue weighted by atomic mass is 10.1. The topological polar surface area (TPSA) is 72.9 Å². The van der Waals surface area contributed by atoms with Crippen LogP contribution < -0.4 is 11.1 Å². The second-order valence-corrected chi connectivity index (χ2v) is 4.97. The van der Waals surface area contributed by atoms with Crippen molar-refractivity contribution in [2.75, 3.05) is 0 Å². The molecule has 1 amide bonds. The zero-order valence-electron chi connectivity index (χ0n) is 12.5. The van der Waals surface area contributed by atoms with E-state index in [2.05, 4.69) is 10.4 Å². The van der Waals surface area contributed by atoms with Crippen LogP contribution in [0.1, 0.15) is 23.9 Å². The van der Waals surface area contributed by atoms with Crippen LogP contribution in [-0.4, -0.2) is 21.7 Å². The van der Waals surface area contributed by atoms with Crippen molar-refractivity contribution in [2.45, 2.75) is 33.4 Å². The number of nitrogens with two attached hydrogens (primary N) is 1. The predicted octanol–water partition coefficient (Wildman–Crippen LogP) is 1.87. The van der Waals surface area contributed by atoms with Gasteiger partial charge in [-0.05, 0) is 38.5 Å². The molecule has 0 aliphatic carbocycles. The van der Waals surface area contributed by atoms with E-state index in [0.29, 0.717) is 6.54 Å². The number of amides is 1. The smallest absolute Gasteiger partial charge is 0.236 e. The van der Waals surface area contributed by atoms with Gasteiger partial charge in [0.1, 0.15) is 0 Å². The number of aromatic nitrogens is 2. The van der Waals surface area contributed by atoms with Gasteiger partial charge in [0, 0.05) is 12.2 Å². The number of aryl methyl sites for hydroxylation is 2. The van der Waals surface area contributed by atoms with E-state index in [0.717, 1.165) is 22.6 Å². The largest absolute Gasteiger partial charge is 0.351 e. The van der Waals surface area contributed by atoms with Gasteiger partial charge in [0.15, 0.2) is 0 Å². The fourth-order valence-corrected chi connectivity index (χ4v) is 2.08. The lowest BCUT2D eigenvalue weighted by molar-refractivity contribution is -0.122. The molecule has 5 nitrogen and oxygen atoms in total. The molecule has 0 aliphatic heterocycles. The van der Waals surface area contributed by atoms with Crippen LogP contribution in [0.4, 0.5) is 0 Å². The maximum Gasteiger partial charge on any atom is 0.236 e. The van der Waals surface area contributed by atoms with Gasteiger partial charge in [-0.2, -0.15) is 5.10 Å². The van der Waals surface area contributed by atoms with Crippen molar-refractivity contribution in [2.24, 2.45) is 5.73 Å². The van der Waals surface area contributed by atoms with Crippen molar-refractivity contribution < 1.29 is 4.79 Å². The Bertz CT molecular complexity index is 622. The van der Waals surface area contributed by atoms with Gasteiger partial charge in [-0.3, -0.25) is 4.79 Å². The molecular weight excluding hydrogens is 288 g/mol. The van der Waals surface area contributed by atoms with Crippen LogP contribution in [0.2, 0.25) is 0 Å². The lowest BCUT2D eigenvalue weighted by Crippen LogP contribution is -2.38. The van der Waals surface area contributed by atoms with Crippen molar-refractivity contribution in [3.05, 3.63) is 47.3 Å². The van der Waals surface area contributed by atoms with E-state index in [4.69, 9.17) is 5.73 Å². The Balaban J connectivity index is 0.00000220. The summed E-state index contributed by atoms with van der Waals surface area (Å²) in [6.07, 6.45) is 0. The number of benzene rings is 1. The molecule has 114 valence electrons. The zero-order valence-corrected chi connectivity index (χ0v) is 13.3.